The summed E-state index contributed by atoms with van der Waals surface area (Å²) in [6.45, 7) is 3.57. The second-order valence-electron chi connectivity index (χ2n) is 16.7. The molecule has 0 spiro atoms. The first-order chi connectivity index (χ1) is 25.7. The topological polar surface area (TPSA) is 178 Å². The van der Waals surface area contributed by atoms with Gasteiger partial charge in [0.05, 0.1) is 37.6 Å². The number of rotatable bonds is 31. The van der Waals surface area contributed by atoms with Gasteiger partial charge in [-0.3, -0.25) is 4.79 Å². The van der Waals surface area contributed by atoms with Crippen LogP contribution in [0.5, 0.6) is 0 Å². The van der Waals surface area contributed by atoms with E-state index in [1.54, 1.807) is 0 Å². The summed E-state index contributed by atoms with van der Waals surface area (Å²) in [4.78, 5) is 13.0. The molecule has 53 heavy (non-hydrogen) atoms. The number of nitrogens with one attached hydrogen (secondary N) is 1. The Bertz CT molecular complexity index is 942. The van der Waals surface area contributed by atoms with Crippen molar-refractivity contribution in [3.05, 3.63) is 0 Å². The van der Waals surface area contributed by atoms with Crippen molar-refractivity contribution in [3.8, 4) is 0 Å². The Kier molecular flexibility index (Phi) is 23.6. The molecule has 12 atom stereocenters. The smallest absolute Gasteiger partial charge is 0.220 e. The van der Waals surface area contributed by atoms with E-state index in [4.69, 9.17) is 14.2 Å². The summed E-state index contributed by atoms with van der Waals surface area (Å²) < 4.78 is 17.1. The Labute approximate surface area is 321 Å². The summed E-state index contributed by atoms with van der Waals surface area (Å²) in [7, 11) is 0. The third-order valence-corrected chi connectivity index (χ3v) is 12.2. The average molecular weight is 758 g/mol. The number of aliphatic hydroxyl groups excluding tert-OH is 6. The summed E-state index contributed by atoms with van der Waals surface area (Å²) in [5.41, 5.74) is 0. The molecular formula is C42H79NO10. The lowest BCUT2D eigenvalue weighted by Gasteiger charge is -2.40. The lowest BCUT2D eigenvalue weighted by atomic mass is 9.87. The number of hydrogen-bond acceptors (Lipinski definition) is 10. The van der Waals surface area contributed by atoms with E-state index in [1.165, 1.54) is 96.3 Å². The van der Waals surface area contributed by atoms with Crippen molar-refractivity contribution in [1.29, 1.82) is 0 Å². The van der Waals surface area contributed by atoms with Crippen molar-refractivity contribution in [2.24, 2.45) is 11.8 Å². The largest absolute Gasteiger partial charge is 0.394 e. The number of aliphatic hydroxyl groups is 6. The van der Waals surface area contributed by atoms with Crippen molar-refractivity contribution in [2.75, 3.05) is 13.2 Å². The minimum atomic E-state index is -1.60. The summed E-state index contributed by atoms with van der Waals surface area (Å²) in [6.07, 6.45) is 19.1. The van der Waals surface area contributed by atoms with Crippen LogP contribution in [0.15, 0.2) is 0 Å². The number of ether oxygens (including phenoxy) is 3. The molecule has 0 aromatic carbocycles. The highest BCUT2D eigenvalue weighted by atomic mass is 16.7. The molecule has 0 aromatic rings. The zero-order chi connectivity index (χ0) is 38.4. The van der Waals surface area contributed by atoms with Gasteiger partial charge < -0.3 is 50.2 Å². The summed E-state index contributed by atoms with van der Waals surface area (Å²) in [5, 5.41) is 65.1. The van der Waals surface area contributed by atoms with Crippen molar-refractivity contribution >= 4 is 5.91 Å². The molecule has 0 radical (unpaired) electrons. The van der Waals surface area contributed by atoms with Gasteiger partial charge in [0.2, 0.25) is 5.91 Å². The van der Waals surface area contributed by atoms with Crippen LogP contribution in [0.4, 0.5) is 0 Å². The number of fused-ring (bicyclic) bond motifs is 2. The number of amides is 1. The molecule has 2 bridgehead atoms. The molecule has 1 amide bonds. The number of unbranched alkanes of at least 4 members (excludes halogenated alkanes) is 18. The molecule has 11 heteroatoms. The second-order valence-corrected chi connectivity index (χ2v) is 16.7. The fourth-order valence-corrected chi connectivity index (χ4v) is 8.82. The molecule has 0 aromatic heterocycles. The third kappa shape index (κ3) is 17.0. The molecule has 2 aliphatic heterocycles. The Morgan fingerprint density at radius 2 is 1.30 bits per heavy atom. The van der Waals surface area contributed by atoms with Gasteiger partial charge in [-0.2, -0.15) is 0 Å². The molecule has 5 unspecified atom stereocenters. The lowest BCUT2D eigenvalue weighted by molar-refractivity contribution is -0.303. The fraction of sp³-hybridized carbons (Fsp3) is 0.976. The quantitative estimate of drug-likeness (QED) is 0.0427. The highest BCUT2D eigenvalue weighted by Crippen LogP contribution is 2.46. The molecule has 1 saturated carbocycles. The van der Waals surface area contributed by atoms with E-state index in [1.807, 2.05) is 0 Å². The maximum absolute atomic E-state index is 13.0. The Morgan fingerprint density at radius 1 is 0.736 bits per heavy atom. The van der Waals surface area contributed by atoms with Crippen LogP contribution < -0.4 is 5.32 Å². The van der Waals surface area contributed by atoms with E-state index in [0.717, 1.165) is 56.8 Å². The maximum Gasteiger partial charge on any atom is 0.220 e. The van der Waals surface area contributed by atoms with E-state index < -0.39 is 55.6 Å². The van der Waals surface area contributed by atoms with Gasteiger partial charge in [0.1, 0.15) is 30.5 Å². The molecule has 3 fully saturated rings. The molecule has 2 saturated heterocycles. The van der Waals surface area contributed by atoms with Gasteiger partial charge in [0.15, 0.2) is 6.29 Å². The van der Waals surface area contributed by atoms with Crippen LogP contribution in [0.2, 0.25) is 0 Å². The number of carbonyl (C=O) groups is 1. The van der Waals surface area contributed by atoms with Crippen LogP contribution >= 0.6 is 0 Å². The van der Waals surface area contributed by atoms with E-state index in [0.29, 0.717) is 25.0 Å². The first-order valence-electron chi connectivity index (χ1n) is 21.9. The van der Waals surface area contributed by atoms with Gasteiger partial charge in [-0.1, -0.05) is 129 Å². The summed E-state index contributed by atoms with van der Waals surface area (Å²) in [6, 6.07) is -0.989. The average Bonchev–Trinajstić information content (AvgIpc) is 3.73. The minimum absolute atomic E-state index is 0.260. The van der Waals surface area contributed by atoms with E-state index >= 15 is 0 Å². The Balaban J connectivity index is 1.32. The monoisotopic (exact) mass is 758 g/mol. The van der Waals surface area contributed by atoms with E-state index in [2.05, 4.69) is 19.2 Å². The summed E-state index contributed by atoms with van der Waals surface area (Å²) in [5.74, 6) is 1.38. The van der Waals surface area contributed by atoms with Crippen LogP contribution in [0, 0.1) is 11.8 Å². The van der Waals surface area contributed by atoms with Gasteiger partial charge in [0, 0.05) is 6.42 Å². The predicted octanol–water partition coefficient (Wildman–Crippen LogP) is 5.82. The molecule has 2 heterocycles. The maximum atomic E-state index is 13.0. The normalized spacial score (nSPS) is 30.1. The van der Waals surface area contributed by atoms with Crippen molar-refractivity contribution in [1.82, 2.24) is 5.32 Å². The number of hydrogen-bond donors (Lipinski definition) is 7. The fourth-order valence-electron chi connectivity index (χ4n) is 8.82. The molecule has 3 rings (SSSR count). The standard InChI is InChI=1S/C42H79NO10/c1-3-4-5-6-7-8-9-10-11-15-18-21-24-35(45)38(47)34(29-51-42-41(50)40(49)39(48)36(28-44)53-42)43-37(46)25-22-19-16-13-12-14-17-20-23-31-26-32-27-33(31)30(2)52-32/h30-36,38-42,44-45,47-50H,3-29H2,1-2H3,(H,43,46)/t30-,31-,32+,33-,34-,35+,36?,38-,39?,40?,41?,42?/m0/s1. The van der Waals surface area contributed by atoms with Gasteiger partial charge >= 0.3 is 0 Å². The third-order valence-electron chi connectivity index (χ3n) is 12.2. The lowest BCUT2D eigenvalue weighted by Crippen LogP contribution is -2.60. The zero-order valence-electron chi connectivity index (χ0n) is 33.3. The molecule has 1 aliphatic carbocycles. The van der Waals surface area contributed by atoms with Gasteiger partial charge in [-0.05, 0) is 50.9 Å². The van der Waals surface area contributed by atoms with Crippen LogP contribution in [-0.2, 0) is 19.0 Å². The SMILES string of the molecule is CCCCCCCCCCCCCC[C@@H](O)[C@@H](O)[C@H](COC1OC(CO)C(O)C(O)C1O)NC(=O)CCCCCCCCCC[C@H]1C[C@@H]2C[C@H]1[C@H](C)O2. The zero-order valence-corrected chi connectivity index (χ0v) is 33.3. The van der Waals surface area contributed by atoms with E-state index in [-0.39, 0.29) is 18.9 Å². The van der Waals surface area contributed by atoms with Gasteiger partial charge in [-0.15, -0.1) is 0 Å². The molecule has 3 aliphatic rings. The van der Waals surface area contributed by atoms with Crippen molar-refractivity contribution in [2.45, 2.75) is 236 Å². The van der Waals surface area contributed by atoms with Crippen LogP contribution in [0.25, 0.3) is 0 Å². The Hall–Kier alpha value is -0.890. The first-order valence-corrected chi connectivity index (χ1v) is 21.9. The highest BCUT2D eigenvalue weighted by Gasteiger charge is 2.45. The van der Waals surface area contributed by atoms with Gasteiger partial charge in [-0.25, -0.2) is 0 Å². The molecule has 11 nitrogen and oxygen atoms in total. The van der Waals surface area contributed by atoms with Crippen LogP contribution in [0.1, 0.15) is 174 Å². The second kappa shape index (κ2) is 26.9. The van der Waals surface area contributed by atoms with Crippen LogP contribution in [0.3, 0.4) is 0 Å². The van der Waals surface area contributed by atoms with Crippen molar-refractivity contribution in [3.63, 3.8) is 0 Å². The highest BCUT2D eigenvalue weighted by molar-refractivity contribution is 5.76. The molecule has 312 valence electrons. The molecule has 7 N–H and O–H groups in total. The van der Waals surface area contributed by atoms with Crippen molar-refractivity contribution < 1.29 is 49.6 Å². The van der Waals surface area contributed by atoms with Crippen LogP contribution in [-0.4, -0.2) is 111 Å². The molecular weight excluding hydrogens is 678 g/mol. The summed E-state index contributed by atoms with van der Waals surface area (Å²) >= 11 is 0. The first kappa shape index (κ1) is 46.5. The Morgan fingerprint density at radius 3 is 1.87 bits per heavy atom. The number of carbonyl (C=O) groups excluding carboxylic acids is 1. The predicted molar refractivity (Wildman–Crippen MR) is 206 cm³/mol. The van der Waals surface area contributed by atoms with Gasteiger partial charge in [0.25, 0.3) is 0 Å². The minimum Gasteiger partial charge on any atom is -0.394 e. The van der Waals surface area contributed by atoms with E-state index in [9.17, 15) is 35.4 Å².